The van der Waals surface area contributed by atoms with E-state index in [4.69, 9.17) is 0 Å². The molecule has 0 aliphatic carbocycles. The molecule has 1 heterocycles. The van der Waals surface area contributed by atoms with Crippen molar-refractivity contribution in [2.45, 2.75) is 6.92 Å². The van der Waals surface area contributed by atoms with E-state index >= 15 is 0 Å². The van der Waals surface area contributed by atoms with Gasteiger partial charge in [-0.25, -0.2) is 9.37 Å². The number of hydrogen-bond donors (Lipinski definition) is 1. The lowest BCUT2D eigenvalue weighted by atomic mass is 10.2. The highest BCUT2D eigenvalue weighted by molar-refractivity contribution is 9.10. The van der Waals surface area contributed by atoms with Gasteiger partial charge in [0.2, 0.25) is 0 Å². The Kier molecular flexibility index (Phi) is 3.79. The monoisotopic (exact) mass is 358 g/mol. The predicted molar refractivity (Wildman–Crippen MR) is 74.1 cm³/mol. The Bertz CT molecular complexity index is 509. The predicted octanol–water partition coefficient (Wildman–Crippen LogP) is 4.80. The average molecular weight is 360 g/mol. The van der Waals surface area contributed by atoms with E-state index in [0.29, 0.717) is 4.47 Å². The molecule has 0 saturated heterocycles. The van der Waals surface area contributed by atoms with Crippen LogP contribution in [0.3, 0.4) is 0 Å². The van der Waals surface area contributed by atoms with Crippen molar-refractivity contribution in [3.05, 3.63) is 50.8 Å². The second-order valence-electron chi connectivity index (χ2n) is 3.57. The van der Waals surface area contributed by atoms with Crippen LogP contribution in [-0.2, 0) is 0 Å². The van der Waals surface area contributed by atoms with Crippen LogP contribution in [0.2, 0.25) is 0 Å². The molecule has 2 aromatic rings. The molecule has 88 valence electrons. The first-order chi connectivity index (χ1) is 8.06. The van der Waals surface area contributed by atoms with Gasteiger partial charge in [0.05, 0.1) is 0 Å². The van der Waals surface area contributed by atoms with Crippen LogP contribution in [0.4, 0.5) is 15.9 Å². The van der Waals surface area contributed by atoms with Crippen LogP contribution in [0, 0.1) is 12.7 Å². The van der Waals surface area contributed by atoms with Gasteiger partial charge in [0.15, 0.2) is 11.6 Å². The SMILES string of the molecule is Cc1cc(Br)ccc1Nc1ncc(Br)cc1F. The fourth-order valence-electron chi connectivity index (χ4n) is 1.40. The van der Waals surface area contributed by atoms with Gasteiger partial charge in [0.25, 0.3) is 0 Å². The maximum Gasteiger partial charge on any atom is 0.166 e. The molecule has 0 amide bonds. The molecule has 0 atom stereocenters. The summed E-state index contributed by atoms with van der Waals surface area (Å²) in [7, 11) is 0. The molecule has 2 rings (SSSR count). The van der Waals surface area contributed by atoms with Crippen molar-refractivity contribution in [3.63, 3.8) is 0 Å². The molecule has 0 unspecified atom stereocenters. The number of rotatable bonds is 2. The molecule has 0 saturated carbocycles. The summed E-state index contributed by atoms with van der Waals surface area (Å²) in [4.78, 5) is 3.99. The highest BCUT2D eigenvalue weighted by Crippen LogP contribution is 2.25. The molecule has 17 heavy (non-hydrogen) atoms. The highest BCUT2D eigenvalue weighted by atomic mass is 79.9. The summed E-state index contributed by atoms with van der Waals surface area (Å²) in [6, 6.07) is 7.11. The molecule has 0 spiro atoms. The van der Waals surface area contributed by atoms with Gasteiger partial charge in [-0.3, -0.25) is 0 Å². The Morgan fingerprint density at radius 3 is 2.59 bits per heavy atom. The summed E-state index contributed by atoms with van der Waals surface area (Å²) < 4.78 is 15.2. The molecule has 5 heteroatoms. The van der Waals surface area contributed by atoms with Crippen molar-refractivity contribution in [2.24, 2.45) is 0 Å². The smallest absolute Gasteiger partial charge is 0.166 e. The quantitative estimate of drug-likeness (QED) is 0.833. The van der Waals surface area contributed by atoms with E-state index in [1.807, 2.05) is 25.1 Å². The van der Waals surface area contributed by atoms with Gasteiger partial charge in [-0.05, 0) is 52.7 Å². The lowest BCUT2D eigenvalue weighted by Crippen LogP contribution is -1.98. The zero-order chi connectivity index (χ0) is 12.4. The van der Waals surface area contributed by atoms with E-state index in [1.165, 1.54) is 6.07 Å². The summed E-state index contributed by atoms with van der Waals surface area (Å²) in [6.07, 6.45) is 1.56. The summed E-state index contributed by atoms with van der Waals surface area (Å²) in [5.41, 5.74) is 1.85. The molecule has 1 aromatic carbocycles. The third-order valence-corrected chi connectivity index (χ3v) is 3.18. The van der Waals surface area contributed by atoms with E-state index in [-0.39, 0.29) is 11.6 Å². The van der Waals surface area contributed by atoms with E-state index in [2.05, 4.69) is 42.2 Å². The van der Waals surface area contributed by atoms with Gasteiger partial charge in [0, 0.05) is 20.8 Å². The number of aryl methyl sites for hydroxylation is 1. The lowest BCUT2D eigenvalue weighted by molar-refractivity contribution is 0.625. The van der Waals surface area contributed by atoms with Crippen LogP contribution in [0.15, 0.2) is 39.4 Å². The van der Waals surface area contributed by atoms with Crippen molar-refractivity contribution in [3.8, 4) is 0 Å². The normalized spacial score (nSPS) is 10.4. The second-order valence-corrected chi connectivity index (χ2v) is 5.40. The van der Waals surface area contributed by atoms with E-state index in [0.717, 1.165) is 15.7 Å². The molecular formula is C12H9Br2FN2. The number of hydrogen-bond acceptors (Lipinski definition) is 2. The number of anilines is 2. The Morgan fingerprint density at radius 1 is 1.18 bits per heavy atom. The number of nitrogens with zero attached hydrogens (tertiary/aromatic N) is 1. The first-order valence-electron chi connectivity index (χ1n) is 4.90. The van der Waals surface area contributed by atoms with Crippen molar-refractivity contribution in [1.29, 1.82) is 0 Å². The van der Waals surface area contributed by atoms with E-state index < -0.39 is 0 Å². The molecule has 0 fully saturated rings. The van der Waals surface area contributed by atoms with Gasteiger partial charge in [-0.2, -0.15) is 0 Å². The van der Waals surface area contributed by atoms with Crippen LogP contribution in [0.25, 0.3) is 0 Å². The summed E-state index contributed by atoms with van der Waals surface area (Å²) in [5, 5.41) is 2.97. The number of aromatic nitrogens is 1. The molecule has 0 aliphatic heterocycles. The van der Waals surface area contributed by atoms with Crippen molar-refractivity contribution in [2.75, 3.05) is 5.32 Å². The lowest BCUT2D eigenvalue weighted by Gasteiger charge is -2.09. The number of pyridine rings is 1. The average Bonchev–Trinajstić information content (AvgIpc) is 2.25. The largest absolute Gasteiger partial charge is 0.338 e. The van der Waals surface area contributed by atoms with E-state index in [1.54, 1.807) is 6.20 Å². The minimum absolute atomic E-state index is 0.221. The topological polar surface area (TPSA) is 24.9 Å². The Morgan fingerprint density at radius 2 is 1.94 bits per heavy atom. The fraction of sp³-hybridized carbons (Fsp3) is 0.0833. The Balaban J connectivity index is 2.31. The highest BCUT2D eigenvalue weighted by Gasteiger charge is 2.06. The third kappa shape index (κ3) is 3.04. The molecule has 1 N–H and O–H groups in total. The third-order valence-electron chi connectivity index (χ3n) is 2.25. The van der Waals surface area contributed by atoms with E-state index in [9.17, 15) is 4.39 Å². The van der Waals surface area contributed by atoms with Gasteiger partial charge in [0.1, 0.15) is 0 Å². The van der Waals surface area contributed by atoms with Crippen molar-refractivity contribution >= 4 is 43.4 Å². The molecule has 0 bridgehead atoms. The number of nitrogens with one attached hydrogen (secondary N) is 1. The second kappa shape index (κ2) is 5.14. The summed E-state index contributed by atoms with van der Waals surface area (Å²) in [6.45, 7) is 1.95. The molecule has 0 aliphatic rings. The molecular weight excluding hydrogens is 351 g/mol. The van der Waals surface area contributed by atoms with Crippen LogP contribution in [0.5, 0.6) is 0 Å². The fourth-order valence-corrected chi connectivity index (χ4v) is 2.18. The van der Waals surface area contributed by atoms with Crippen molar-refractivity contribution < 1.29 is 4.39 Å². The summed E-state index contributed by atoms with van der Waals surface area (Å²) >= 11 is 6.55. The molecule has 1 aromatic heterocycles. The van der Waals surface area contributed by atoms with Gasteiger partial charge >= 0.3 is 0 Å². The van der Waals surface area contributed by atoms with Crippen LogP contribution in [0.1, 0.15) is 5.56 Å². The van der Waals surface area contributed by atoms with Crippen LogP contribution >= 0.6 is 31.9 Å². The molecule has 0 radical (unpaired) electrons. The van der Waals surface area contributed by atoms with Gasteiger partial charge in [-0.15, -0.1) is 0 Å². The Hall–Kier alpha value is -0.940. The van der Waals surface area contributed by atoms with Gasteiger partial charge < -0.3 is 5.32 Å². The minimum atomic E-state index is -0.387. The first-order valence-corrected chi connectivity index (χ1v) is 6.49. The van der Waals surface area contributed by atoms with Gasteiger partial charge in [-0.1, -0.05) is 15.9 Å². The van der Waals surface area contributed by atoms with Crippen LogP contribution < -0.4 is 5.32 Å². The number of halogens is 3. The number of benzene rings is 1. The zero-order valence-corrected chi connectivity index (χ0v) is 12.1. The Labute approximate surface area is 116 Å². The minimum Gasteiger partial charge on any atom is -0.338 e. The maximum absolute atomic E-state index is 13.6. The standard InChI is InChI=1S/C12H9Br2FN2/c1-7-4-8(13)2-3-11(7)17-12-10(15)5-9(14)6-16-12/h2-6H,1H3,(H,16,17). The zero-order valence-electron chi connectivity index (χ0n) is 8.97. The molecule has 2 nitrogen and oxygen atoms in total. The first kappa shape index (κ1) is 12.5. The van der Waals surface area contributed by atoms with Crippen molar-refractivity contribution in [1.82, 2.24) is 4.98 Å². The maximum atomic E-state index is 13.6. The summed E-state index contributed by atoms with van der Waals surface area (Å²) in [5.74, 6) is -0.166. The van der Waals surface area contributed by atoms with Crippen LogP contribution in [-0.4, -0.2) is 4.98 Å².